The number of amides is 1. The second-order valence-corrected chi connectivity index (χ2v) is 5.05. The molecule has 5 nitrogen and oxygen atoms in total. The molecule has 0 aromatic rings. The van der Waals surface area contributed by atoms with Gasteiger partial charge in [-0.2, -0.15) is 0 Å². The number of nitrogens with zero attached hydrogens (tertiary/aromatic N) is 1. The van der Waals surface area contributed by atoms with Gasteiger partial charge in [-0.25, -0.2) is 0 Å². The van der Waals surface area contributed by atoms with Crippen molar-refractivity contribution in [3.05, 3.63) is 0 Å². The molecule has 2 aliphatic rings. The summed E-state index contributed by atoms with van der Waals surface area (Å²) >= 11 is 0. The van der Waals surface area contributed by atoms with Crippen molar-refractivity contribution in [3.63, 3.8) is 0 Å². The maximum atomic E-state index is 12.3. The number of rotatable bonds is 4. The summed E-state index contributed by atoms with van der Waals surface area (Å²) in [6.45, 7) is 3.27. The quantitative estimate of drug-likeness (QED) is 0.711. The predicted molar refractivity (Wildman–Crippen MR) is 58.0 cm³/mol. The van der Waals surface area contributed by atoms with Crippen LogP contribution in [0.1, 0.15) is 26.2 Å². The number of hydrogen-bond donors (Lipinski definition) is 2. The van der Waals surface area contributed by atoms with Gasteiger partial charge in [-0.3, -0.25) is 9.59 Å². The van der Waals surface area contributed by atoms with Crippen molar-refractivity contribution in [2.45, 2.75) is 32.2 Å². The van der Waals surface area contributed by atoms with Gasteiger partial charge in [0.15, 0.2) is 0 Å². The maximum Gasteiger partial charge on any atom is 0.323 e. The highest BCUT2D eigenvalue weighted by Gasteiger charge is 2.44. The summed E-state index contributed by atoms with van der Waals surface area (Å²) in [7, 11) is 0. The molecule has 1 saturated heterocycles. The van der Waals surface area contributed by atoms with Gasteiger partial charge < -0.3 is 15.3 Å². The van der Waals surface area contributed by atoms with Gasteiger partial charge in [0.2, 0.25) is 5.91 Å². The Kier molecular flexibility index (Phi) is 2.88. The molecule has 1 aliphatic heterocycles. The normalized spacial score (nSPS) is 29.1. The van der Waals surface area contributed by atoms with Gasteiger partial charge in [-0.1, -0.05) is 0 Å². The Labute approximate surface area is 94.8 Å². The summed E-state index contributed by atoms with van der Waals surface area (Å²) in [5.41, 5.74) is -0.405. The number of hydrogen-bond acceptors (Lipinski definition) is 3. The van der Waals surface area contributed by atoms with Gasteiger partial charge in [0.25, 0.3) is 0 Å². The molecule has 1 amide bonds. The molecule has 0 aromatic heterocycles. The van der Waals surface area contributed by atoms with E-state index in [-0.39, 0.29) is 18.5 Å². The Morgan fingerprint density at radius 3 is 2.62 bits per heavy atom. The molecule has 2 fully saturated rings. The van der Waals surface area contributed by atoms with Crippen LogP contribution >= 0.6 is 0 Å². The molecule has 0 radical (unpaired) electrons. The summed E-state index contributed by atoms with van der Waals surface area (Å²) in [6.07, 6.45) is 2.69. The van der Waals surface area contributed by atoms with Gasteiger partial charge in [0, 0.05) is 12.6 Å². The van der Waals surface area contributed by atoms with Crippen molar-refractivity contribution < 1.29 is 14.7 Å². The first-order chi connectivity index (χ1) is 7.53. The fraction of sp³-hybridized carbons (Fsp3) is 0.818. The third kappa shape index (κ3) is 2.19. The van der Waals surface area contributed by atoms with E-state index in [1.54, 1.807) is 4.90 Å². The minimum atomic E-state index is -0.921. The highest BCUT2D eigenvalue weighted by Crippen LogP contribution is 2.33. The summed E-state index contributed by atoms with van der Waals surface area (Å²) < 4.78 is 0. The molecule has 1 aliphatic carbocycles. The third-order valence-corrected chi connectivity index (χ3v) is 3.44. The van der Waals surface area contributed by atoms with Crippen LogP contribution in [0.5, 0.6) is 0 Å². The first-order valence-electron chi connectivity index (χ1n) is 5.76. The molecule has 2 rings (SSSR count). The van der Waals surface area contributed by atoms with E-state index in [1.807, 2.05) is 6.92 Å². The first kappa shape index (κ1) is 11.4. The predicted octanol–water partition coefficient (Wildman–Crippen LogP) is 0.0616. The van der Waals surface area contributed by atoms with Crippen molar-refractivity contribution in [1.29, 1.82) is 0 Å². The molecule has 90 valence electrons. The molecule has 16 heavy (non-hydrogen) atoms. The lowest BCUT2D eigenvalue weighted by Crippen LogP contribution is -2.46. The van der Waals surface area contributed by atoms with E-state index >= 15 is 0 Å². The number of carbonyl (C=O) groups excluding carboxylic acids is 1. The Balaban J connectivity index is 2.07. The van der Waals surface area contributed by atoms with Crippen molar-refractivity contribution in [1.82, 2.24) is 10.2 Å². The zero-order valence-corrected chi connectivity index (χ0v) is 9.53. The summed E-state index contributed by atoms with van der Waals surface area (Å²) in [5, 5.41) is 12.0. The number of aliphatic carboxylic acids is 1. The molecule has 0 aromatic carbocycles. The van der Waals surface area contributed by atoms with Crippen molar-refractivity contribution >= 4 is 11.9 Å². The summed E-state index contributed by atoms with van der Waals surface area (Å²) in [5.74, 6) is -0.919. The van der Waals surface area contributed by atoms with Crippen LogP contribution in [0.2, 0.25) is 0 Å². The van der Waals surface area contributed by atoms with Crippen LogP contribution in [0, 0.1) is 5.41 Å². The molecular weight excluding hydrogens is 208 g/mol. The van der Waals surface area contributed by atoms with E-state index in [1.165, 1.54) is 0 Å². The lowest BCUT2D eigenvalue weighted by molar-refractivity contribution is -0.149. The first-order valence-corrected chi connectivity index (χ1v) is 5.76. The molecule has 1 unspecified atom stereocenters. The smallest absolute Gasteiger partial charge is 0.323 e. The fourth-order valence-corrected chi connectivity index (χ4v) is 2.24. The minimum absolute atomic E-state index is 0.00222. The Bertz CT molecular complexity index is 306. The third-order valence-electron chi connectivity index (χ3n) is 3.44. The highest BCUT2D eigenvalue weighted by atomic mass is 16.4. The lowest BCUT2D eigenvalue weighted by atomic mass is 9.88. The molecule has 1 saturated carbocycles. The standard InChI is InChI=1S/C11H18N2O3/c1-11(4-5-12-7-11)10(16)13(6-9(14)15)8-2-3-8/h8,12H,2-7H2,1H3,(H,14,15). The van der Waals surface area contributed by atoms with Crippen LogP contribution in [0.15, 0.2) is 0 Å². The van der Waals surface area contributed by atoms with Gasteiger partial charge in [-0.15, -0.1) is 0 Å². The van der Waals surface area contributed by atoms with Gasteiger partial charge >= 0.3 is 5.97 Å². The van der Waals surface area contributed by atoms with Crippen molar-refractivity contribution in [2.24, 2.45) is 5.41 Å². The van der Waals surface area contributed by atoms with Crippen LogP contribution in [-0.2, 0) is 9.59 Å². The molecule has 1 atom stereocenters. The second kappa shape index (κ2) is 4.05. The zero-order valence-electron chi connectivity index (χ0n) is 9.53. The molecular formula is C11H18N2O3. The largest absolute Gasteiger partial charge is 0.480 e. The van der Waals surface area contributed by atoms with Crippen LogP contribution in [0.25, 0.3) is 0 Å². The Hall–Kier alpha value is -1.10. The lowest BCUT2D eigenvalue weighted by Gasteiger charge is -2.30. The molecule has 0 spiro atoms. The second-order valence-electron chi connectivity index (χ2n) is 5.05. The van der Waals surface area contributed by atoms with Gasteiger partial charge in [-0.05, 0) is 32.7 Å². The maximum absolute atomic E-state index is 12.3. The van der Waals surface area contributed by atoms with Gasteiger partial charge in [0.05, 0.1) is 5.41 Å². The Morgan fingerprint density at radius 1 is 1.50 bits per heavy atom. The topological polar surface area (TPSA) is 69.6 Å². The van der Waals surface area contributed by atoms with Crippen LogP contribution < -0.4 is 5.32 Å². The number of carboxylic acid groups (broad SMARTS) is 1. The summed E-state index contributed by atoms with van der Waals surface area (Å²) in [6, 6.07) is 0.168. The number of carboxylic acids is 1. The van der Waals surface area contributed by atoms with E-state index in [9.17, 15) is 9.59 Å². The molecule has 0 bridgehead atoms. The minimum Gasteiger partial charge on any atom is -0.480 e. The van der Waals surface area contributed by atoms with Crippen LogP contribution in [0.3, 0.4) is 0 Å². The van der Waals surface area contributed by atoms with E-state index in [0.29, 0.717) is 6.54 Å². The average Bonchev–Trinajstić information content (AvgIpc) is 2.97. The van der Waals surface area contributed by atoms with Crippen molar-refractivity contribution in [3.8, 4) is 0 Å². The Morgan fingerprint density at radius 2 is 2.19 bits per heavy atom. The molecule has 2 N–H and O–H groups in total. The molecule has 5 heteroatoms. The summed E-state index contributed by atoms with van der Waals surface area (Å²) in [4.78, 5) is 24.6. The van der Waals surface area contributed by atoms with E-state index < -0.39 is 11.4 Å². The molecule has 1 heterocycles. The van der Waals surface area contributed by atoms with Crippen molar-refractivity contribution in [2.75, 3.05) is 19.6 Å². The van der Waals surface area contributed by atoms with E-state index in [4.69, 9.17) is 5.11 Å². The van der Waals surface area contributed by atoms with E-state index in [0.717, 1.165) is 25.8 Å². The zero-order chi connectivity index (χ0) is 11.8. The number of nitrogens with one attached hydrogen (secondary N) is 1. The highest BCUT2D eigenvalue weighted by molar-refractivity contribution is 5.86. The van der Waals surface area contributed by atoms with Gasteiger partial charge in [0.1, 0.15) is 6.54 Å². The SMILES string of the molecule is CC1(C(=O)N(CC(=O)O)C2CC2)CCNC1. The fourth-order valence-electron chi connectivity index (χ4n) is 2.24. The van der Waals surface area contributed by atoms with Crippen LogP contribution in [-0.4, -0.2) is 47.6 Å². The van der Waals surface area contributed by atoms with Crippen LogP contribution in [0.4, 0.5) is 0 Å². The van der Waals surface area contributed by atoms with E-state index in [2.05, 4.69) is 5.32 Å². The monoisotopic (exact) mass is 226 g/mol. The average molecular weight is 226 g/mol. The number of carbonyl (C=O) groups is 2.